The fourth-order valence-corrected chi connectivity index (χ4v) is 3.86. The fraction of sp³-hybridized carbons (Fsp3) is 0.474. The number of aryl methyl sites for hydroxylation is 2. The molecule has 2 aromatic rings. The normalized spacial score (nSPS) is 14.9. The molecule has 0 bridgehead atoms. The molecule has 0 saturated carbocycles. The molecule has 0 spiro atoms. The van der Waals surface area contributed by atoms with Crippen molar-refractivity contribution in [3.05, 3.63) is 48.0 Å². The first-order chi connectivity index (χ1) is 10.2. The van der Waals surface area contributed by atoms with Crippen LogP contribution in [0, 0.1) is 0 Å². The first-order valence-corrected chi connectivity index (χ1v) is 8.27. The molecule has 0 atom stereocenters. The van der Waals surface area contributed by atoms with Crippen LogP contribution in [0.5, 0.6) is 0 Å². The highest BCUT2D eigenvalue weighted by atomic mass is 14.9. The van der Waals surface area contributed by atoms with Gasteiger partial charge in [-0.05, 0) is 37.8 Å². The lowest BCUT2D eigenvalue weighted by molar-refractivity contribution is -0.694. The van der Waals surface area contributed by atoms with E-state index in [1.165, 1.54) is 22.3 Å². The van der Waals surface area contributed by atoms with E-state index in [1.807, 2.05) is 0 Å². The Kier molecular flexibility index (Phi) is 3.56. The molecule has 2 aromatic heterocycles. The molecule has 1 aliphatic rings. The van der Waals surface area contributed by atoms with Gasteiger partial charge in [0.25, 0.3) is 0 Å². The van der Waals surface area contributed by atoms with E-state index in [0.29, 0.717) is 0 Å². The molecule has 0 N–H and O–H groups in total. The number of aromatic nitrogens is 2. The van der Waals surface area contributed by atoms with E-state index in [0.717, 1.165) is 25.9 Å². The third kappa shape index (κ3) is 1.92. The predicted molar refractivity (Wildman–Crippen MR) is 85.0 cm³/mol. The second kappa shape index (κ2) is 5.25. The summed E-state index contributed by atoms with van der Waals surface area (Å²) in [5.74, 6) is 0. The van der Waals surface area contributed by atoms with E-state index in [-0.39, 0.29) is 5.41 Å². The maximum atomic E-state index is 2.37. The summed E-state index contributed by atoms with van der Waals surface area (Å²) >= 11 is 0. The summed E-state index contributed by atoms with van der Waals surface area (Å²) in [7, 11) is 0. The average molecular weight is 282 g/mol. The molecule has 0 saturated heterocycles. The van der Waals surface area contributed by atoms with Crippen LogP contribution in [0.1, 0.15) is 51.7 Å². The minimum Gasteiger partial charge on any atom is -0.205 e. The molecule has 1 aliphatic carbocycles. The predicted octanol–water partition coefficient (Wildman–Crippen LogP) is 3.39. The monoisotopic (exact) mass is 282 g/mol. The van der Waals surface area contributed by atoms with Gasteiger partial charge in [0.15, 0.2) is 24.8 Å². The topological polar surface area (TPSA) is 7.76 Å². The standard InChI is InChI=1S/C19H26N2/c1-5-19(6-2)17-13-20(7-3)11-9-15(17)16-10-12-21(8-4)14-18(16)19/h9-14H,5-8H2,1-4H3/q+2. The molecule has 2 heterocycles. The van der Waals surface area contributed by atoms with E-state index in [2.05, 4.69) is 73.7 Å². The first kappa shape index (κ1) is 14.2. The van der Waals surface area contributed by atoms with Gasteiger partial charge in [-0.25, -0.2) is 9.13 Å². The SMILES string of the molecule is CC[n+]1ccc2c(c1)C(CC)(CC)c1c[n+](CC)ccc1-2. The van der Waals surface area contributed by atoms with Crippen LogP contribution < -0.4 is 9.13 Å². The maximum absolute atomic E-state index is 2.37. The third-order valence-electron chi connectivity index (χ3n) is 5.29. The van der Waals surface area contributed by atoms with Crippen molar-refractivity contribution in [3.63, 3.8) is 0 Å². The number of fused-ring (bicyclic) bond motifs is 3. The van der Waals surface area contributed by atoms with E-state index in [4.69, 9.17) is 0 Å². The Hall–Kier alpha value is -1.70. The lowest BCUT2D eigenvalue weighted by atomic mass is 9.75. The van der Waals surface area contributed by atoms with Crippen LogP contribution in [-0.2, 0) is 18.5 Å². The zero-order valence-corrected chi connectivity index (χ0v) is 13.7. The van der Waals surface area contributed by atoms with Gasteiger partial charge >= 0.3 is 0 Å². The molecule has 2 heteroatoms. The van der Waals surface area contributed by atoms with Crippen molar-refractivity contribution in [3.8, 4) is 11.1 Å². The van der Waals surface area contributed by atoms with Gasteiger partial charge in [0.1, 0.15) is 13.1 Å². The van der Waals surface area contributed by atoms with Crippen LogP contribution in [0.2, 0.25) is 0 Å². The Balaban J connectivity index is 2.30. The van der Waals surface area contributed by atoms with Crippen LogP contribution in [-0.4, -0.2) is 0 Å². The van der Waals surface area contributed by atoms with Gasteiger partial charge in [0.2, 0.25) is 0 Å². The van der Waals surface area contributed by atoms with Gasteiger partial charge in [0, 0.05) is 28.7 Å². The molecule has 21 heavy (non-hydrogen) atoms. The number of hydrogen-bond donors (Lipinski definition) is 0. The van der Waals surface area contributed by atoms with Crippen molar-refractivity contribution in [2.24, 2.45) is 0 Å². The van der Waals surface area contributed by atoms with Crippen molar-refractivity contribution in [2.75, 3.05) is 0 Å². The number of pyridine rings is 2. The summed E-state index contributed by atoms with van der Waals surface area (Å²) in [5, 5.41) is 0. The quantitative estimate of drug-likeness (QED) is 0.760. The molecule has 0 radical (unpaired) electrons. The number of nitrogens with zero attached hydrogens (tertiary/aromatic N) is 2. The van der Waals surface area contributed by atoms with Gasteiger partial charge in [-0.3, -0.25) is 0 Å². The summed E-state index contributed by atoms with van der Waals surface area (Å²) in [6.45, 7) is 11.1. The summed E-state index contributed by atoms with van der Waals surface area (Å²) < 4.78 is 4.61. The highest BCUT2D eigenvalue weighted by molar-refractivity contribution is 5.79. The van der Waals surface area contributed by atoms with Crippen molar-refractivity contribution in [2.45, 2.75) is 59.0 Å². The van der Waals surface area contributed by atoms with E-state index < -0.39 is 0 Å². The highest BCUT2D eigenvalue weighted by Crippen LogP contribution is 2.51. The summed E-state index contributed by atoms with van der Waals surface area (Å²) in [6, 6.07) is 4.61. The lowest BCUT2D eigenvalue weighted by Gasteiger charge is -2.27. The van der Waals surface area contributed by atoms with Gasteiger partial charge in [0.05, 0.1) is 0 Å². The minimum atomic E-state index is 0.182. The molecule has 0 unspecified atom stereocenters. The number of rotatable bonds is 4. The zero-order valence-electron chi connectivity index (χ0n) is 13.7. The van der Waals surface area contributed by atoms with E-state index in [1.54, 1.807) is 0 Å². The Bertz CT molecular complexity index is 614. The Labute approximate surface area is 128 Å². The van der Waals surface area contributed by atoms with E-state index >= 15 is 0 Å². The second-order valence-electron chi connectivity index (χ2n) is 5.99. The van der Waals surface area contributed by atoms with Crippen LogP contribution in [0.4, 0.5) is 0 Å². The van der Waals surface area contributed by atoms with Crippen LogP contribution in [0.15, 0.2) is 36.9 Å². The molecule has 0 aromatic carbocycles. The summed E-state index contributed by atoms with van der Waals surface area (Å²) in [4.78, 5) is 0. The lowest BCUT2D eigenvalue weighted by Crippen LogP contribution is -2.36. The molecular formula is C19H26N2+2. The van der Waals surface area contributed by atoms with Gasteiger partial charge in [-0.15, -0.1) is 0 Å². The van der Waals surface area contributed by atoms with E-state index in [9.17, 15) is 0 Å². The average Bonchev–Trinajstić information content (AvgIpc) is 2.83. The Morgan fingerprint density at radius 3 is 1.52 bits per heavy atom. The number of hydrogen-bond acceptors (Lipinski definition) is 0. The van der Waals surface area contributed by atoms with Crippen molar-refractivity contribution in [1.29, 1.82) is 0 Å². The molecular weight excluding hydrogens is 256 g/mol. The maximum Gasteiger partial charge on any atom is 0.173 e. The summed E-state index contributed by atoms with van der Waals surface area (Å²) in [5.41, 5.74) is 6.07. The second-order valence-corrected chi connectivity index (χ2v) is 5.99. The summed E-state index contributed by atoms with van der Waals surface area (Å²) in [6.07, 6.45) is 11.5. The van der Waals surface area contributed by atoms with Crippen molar-refractivity contribution in [1.82, 2.24) is 0 Å². The molecule has 110 valence electrons. The molecule has 3 rings (SSSR count). The first-order valence-electron chi connectivity index (χ1n) is 8.27. The van der Waals surface area contributed by atoms with Crippen LogP contribution >= 0.6 is 0 Å². The van der Waals surface area contributed by atoms with Gasteiger partial charge in [-0.2, -0.15) is 0 Å². The fourth-order valence-electron chi connectivity index (χ4n) is 3.86. The smallest absolute Gasteiger partial charge is 0.173 e. The minimum absolute atomic E-state index is 0.182. The Morgan fingerprint density at radius 1 is 0.762 bits per heavy atom. The van der Waals surface area contributed by atoms with Crippen LogP contribution in [0.25, 0.3) is 11.1 Å². The zero-order chi connectivity index (χ0) is 15.0. The molecule has 0 amide bonds. The molecule has 0 aliphatic heterocycles. The Morgan fingerprint density at radius 2 is 1.19 bits per heavy atom. The third-order valence-corrected chi connectivity index (χ3v) is 5.29. The van der Waals surface area contributed by atoms with Gasteiger partial charge in [-0.1, -0.05) is 13.8 Å². The van der Waals surface area contributed by atoms with Crippen LogP contribution in [0.3, 0.4) is 0 Å². The molecule has 0 fully saturated rings. The van der Waals surface area contributed by atoms with Crippen molar-refractivity contribution < 1.29 is 9.13 Å². The highest BCUT2D eigenvalue weighted by Gasteiger charge is 2.44. The molecule has 2 nitrogen and oxygen atoms in total. The van der Waals surface area contributed by atoms with Crippen molar-refractivity contribution >= 4 is 0 Å². The largest absolute Gasteiger partial charge is 0.205 e. The van der Waals surface area contributed by atoms with Gasteiger partial charge < -0.3 is 0 Å².